The van der Waals surface area contributed by atoms with Crippen molar-refractivity contribution in [2.24, 2.45) is 0 Å². The van der Waals surface area contributed by atoms with Crippen molar-refractivity contribution in [3.63, 3.8) is 0 Å². The molecule has 0 aliphatic heterocycles. The van der Waals surface area contributed by atoms with Gasteiger partial charge in [0.25, 0.3) is 0 Å². The average Bonchev–Trinajstić information content (AvgIpc) is 1.39. The van der Waals surface area contributed by atoms with Gasteiger partial charge in [-0.1, -0.05) is 0 Å². The summed E-state index contributed by atoms with van der Waals surface area (Å²) in [6, 6.07) is 0. The Balaban J connectivity index is -0.0000000400. The van der Waals surface area contributed by atoms with Gasteiger partial charge in [0.15, 0.2) is 0 Å². The van der Waals surface area contributed by atoms with Gasteiger partial charge in [-0.2, -0.15) is 0 Å². The van der Waals surface area contributed by atoms with Crippen LogP contribution in [0.15, 0.2) is 0 Å². The third kappa shape index (κ3) is 27.9. The molecule has 5 heteroatoms. The maximum absolute atomic E-state index is 8.35. The molecule has 0 aliphatic rings. The number of isocyanates is 2. The Morgan fingerprint density at radius 3 is 1.00 bits per heavy atom. The summed E-state index contributed by atoms with van der Waals surface area (Å²) in [5, 5.41) is 10.8. The average molecular weight is 96.9 g/mol. The molecule has 7 heavy (non-hydrogen) atoms. The van der Waals surface area contributed by atoms with Gasteiger partial charge in [-0.15, -0.1) is 0 Å². The summed E-state index contributed by atoms with van der Waals surface area (Å²) in [5.41, 5.74) is 0. The van der Waals surface area contributed by atoms with Gasteiger partial charge >= 0.3 is 0 Å². The predicted molar refractivity (Wildman–Crippen MR) is 22.6 cm³/mol. The van der Waals surface area contributed by atoms with Gasteiger partial charge in [0.05, 0.1) is 0 Å². The smallest absolute Gasteiger partial charge is 0.222 e. The Bertz CT molecular complexity index is 67.7. The monoisotopic (exact) mass is 97.0 g/mol. The van der Waals surface area contributed by atoms with Crippen molar-refractivity contribution in [3.8, 4) is 0 Å². The molecule has 0 fully saturated rings. The van der Waals surface area contributed by atoms with Gasteiger partial charge in [0.2, 0.25) is 12.2 Å². The van der Waals surface area contributed by atoms with Crippen molar-refractivity contribution in [2.45, 2.75) is 0 Å². The van der Waals surface area contributed by atoms with Crippen LogP contribution in [0, 0.1) is 10.8 Å². The molecule has 0 rings (SSSR count). The zero-order chi connectivity index (χ0) is 5.41. The van der Waals surface area contributed by atoms with E-state index in [1.165, 1.54) is 0 Å². The van der Waals surface area contributed by atoms with E-state index in [4.69, 9.17) is 20.4 Å². The first-order chi connectivity index (χ1) is 2.83. The second kappa shape index (κ2) is 104. The quantitative estimate of drug-likeness (QED) is 0.241. The van der Waals surface area contributed by atoms with Crippen LogP contribution in [0.5, 0.6) is 0 Å². The van der Waals surface area contributed by atoms with E-state index < -0.39 is 0 Å². The van der Waals surface area contributed by atoms with E-state index in [2.05, 4.69) is 0 Å². The molecule has 0 aromatic heterocycles. The Morgan fingerprint density at radius 1 is 1.00 bits per heavy atom. The standard InChI is InChI=1S/2CHNO.B/c2*2-1-3;/h2*2H;. The molecular weight excluding hydrogens is 94.8 g/mol. The number of hydrogen-bond acceptors (Lipinski definition) is 4. The molecule has 0 heterocycles. The number of rotatable bonds is 0. The summed E-state index contributed by atoms with van der Waals surface area (Å²) < 4.78 is 0. The molecule has 0 aromatic rings. The molecule has 35 valence electrons. The van der Waals surface area contributed by atoms with Gasteiger partial charge < -0.3 is 0 Å². The Kier molecular flexibility index (Phi) is 252. The molecule has 0 aromatic carbocycles. The van der Waals surface area contributed by atoms with Crippen LogP contribution in [-0.4, -0.2) is 20.6 Å². The summed E-state index contributed by atoms with van der Waals surface area (Å²) >= 11 is 0. The molecule has 0 saturated heterocycles. The first kappa shape index (κ1) is 17.0. The van der Waals surface area contributed by atoms with Crippen LogP contribution < -0.4 is 0 Å². The fourth-order valence-electron chi connectivity index (χ4n) is 0. The van der Waals surface area contributed by atoms with Gasteiger partial charge in [-0.05, 0) is 0 Å². The Morgan fingerprint density at radius 2 is 1.00 bits per heavy atom. The van der Waals surface area contributed by atoms with E-state index in [1.807, 2.05) is 0 Å². The maximum atomic E-state index is 8.35. The molecule has 2 N–H and O–H groups in total. The zero-order valence-electron chi connectivity index (χ0n) is 3.39. The van der Waals surface area contributed by atoms with Crippen molar-refractivity contribution in [3.05, 3.63) is 0 Å². The SMILES string of the molecule is N=C=O.N=C=O.[B]. The lowest BCUT2D eigenvalue weighted by molar-refractivity contribution is 0.562. The van der Waals surface area contributed by atoms with E-state index >= 15 is 0 Å². The molecule has 0 aliphatic carbocycles. The summed E-state index contributed by atoms with van der Waals surface area (Å²) in [6.45, 7) is 0. The summed E-state index contributed by atoms with van der Waals surface area (Å²) in [4.78, 5) is 16.7. The van der Waals surface area contributed by atoms with Crippen LogP contribution in [0.3, 0.4) is 0 Å². The minimum atomic E-state index is 0. The molecule has 3 radical (unpaired) electrons. The van der Waals surface area contributed by atoms with Gasteiger partial charge in [0, 0.05) is 8.41 Å². The minimum absolute atomic E-state index is 0. The lowest BCUT2D eigenvalue weighted by Gasteiger charge is -1.02. The second-order valence-corrected chi connectivity index (χ2v) is 0.204. The molecule has 4 nitrogen and oxygen atoms in total. The molecular formula is C2H2BN2O2. The van der Waals surface area contributed by atoms with Gasteiger partial charge in [0.1, 0.15) is 0 Å². The first-order valence-corrected chi connectivity index (χ1v) is 0.908. The van der Waals surface area contributed by atoms with E-state index in [0.29, 0.717) is 0 Å². The number of hydrogen-bond donors (Lipinski definition) is 2. The number of nitrogens with one attached hydrogen (secondary N) is 2. The topological polar surface area (TPSA) is 81.8 Å². The first-order valence-electron chi connectivity index (χ1n) is 0.908. The van der Waals surface area contributed by atoms with Gasteiger partial charge in [-0.25, -0.2) is 20.4 Å². The lowest BCUT2D eigenvalue weighted by atomic mass is 10.8. The van der Waals surface area contributed by atoms with Crippen LogP contribution in [0.2, 0.25) is 0 Å². The van der Waals surface area contributed by atoms with E-state index in [-0.39, 0.29) is 8.41 Å². The maximum Gasteiger partial charge on any atom is 0.231 e. The Labute approximate surface area is 42.1 Å². The Hall–Kier alpha value is -1.18. The van der Waals surface area contributed by atoms with Crippen LogP contribution in [0.4, 0.5) is 0 Å². The van der Waals surface area contributed by atoms with Crippen LogP contribution in [0.25, 0.3) is 0 Å². The van der Waals surface area contributed by atoms with Crippen molar-refractivity contribution in [2.75, 3.05) is 0 Å². The van der Waals surface area contributed by atoms with E-state index in [1.54, 1.807) is 0 Å². The molecule has 0 saturated carbocycles. The summed E-state index contributed by atoms with van der Waals surface area (Å²) in [7, 11) is 0. The fourth-order valence-corrected chi connectivity index (χ4v) is 0. The predicted octanol–water partition coefficient (Wildman–Crippen LogP) is -0.579. The second-order valence-electron chi connectivity index (χ2n) is 0.204. The highest BCUT2D eigenvalue weighted by molar-refractivity contribution is 5.75. The lowest BCUT2D eigenvalue weighted by Crippen LogP contribution is -1.16. The van der Waals surface area contributed by atoms with Crippen molar-refractivity contribution in [1.82, 2.24) is 0 Å². The molecule has 0 unspecified atom stereocenters. The van der Waals surface area contributed by atoms with Crippen LogP contribution in [-0.2, 0) is 9.59 Å². The number of carbonyl (C=O) groups excluding carboxylic acids is 2. The van der Waals surface area contributed by atoms with Crippen molar-refractivity contribution in [1.29, 1.82) is 10.8 Å². The largest absolute Gasteiger partial charge is 0.231 e. The molecule has 0 atom stereocenters. The summed E-state index contributed by atoms with van der Waals surface area (Å²) in [6.07, 6.45) is 1.50. The van der Waals surface area contributed by atoms with Crippen molar-refractivity contribution < 1.29 is 9.59 Å². The van der Waals surface area contributed by atoms with Crippen molar-refractivity contribution >= 4 is 20.6 Å². The highest BCUT2D eigenvalue weighted by Gasteiger charge is 1.04. The highest BCUT2D eigenvalue weighted by Crippen LogP contribution is 0.871. The normalized spacial score (nSPS) is 2.29. The summed E-state index contributed by atoms with van der Waals surface area (Å²) in [5.74, 6) is 0. The minimum Gasteiger partial charge on any atom is -0.222 e. The van der Waals surface area contributed by atoms with Gasteiger partial charge in [-0.3, -0.25) is 0 Å². The van der Waals surface area contributed by atoms with Crippen LogP contribution in [0.1, 0.15) is 0 Å². The molecule has 0 spiro atoms. The fraction of sp³-hybridized carbons (Fsp3) is 0. The third-order valence-corrected chi connectivity index (χ3v) is 0. The molecule has 0 amide bonds. The molecule has 0 bridgehead atoms. The van der Waals surface area contributed by atoms with E-state index in [0.717, 1.165) is 12.2 Å². The van der Waals surface area contributed by atoms with Crippen LogP contribution >= 0.6 is 0 Å². The van der Waals surface area contributed by atoms with E-state index in [9.17, 15) is 0 Å². The third-order valence-electron chi connectivity index (χ3n) is 0. The highest BCUT2D eigenvalue weighted by atomic mass is 16.1. The zero-order valence-corrected chi connectivity index (χ0v) is 3.39.